The number of aryl methyl sites for hydroxylation is 1. The average Bonchev–Trinajstić information content (AvgIpc) is 3.01. The molecule has 2 heterocycles. The second kappa shape index (κ2) is 7.08. The maximum absolute atomic E-state index is 5.61. The van der Waals surface area contributed by atoms with E-state index in [0.29, 0.717) is 12.1 Å². The highest BCUT2D eigenvalue weighted by Gasteiger charge is 2.16. The Morgan fingerprint density at radius 3 is 2.95 bits per heavy atom. The summed E-state index contributed by atoms with van der Waals surface area (Å²) < 4.78 is 11.2. The fourth-order valence-electron chi connectivity index (χ4n) is 2.39. The Hall–Kier alpha value is -0.840. The van der Waals surface area contributed by atoms with Crippen molar-refractivity contribution in [2.45, 2.75) is 45.4 Å². The highest BCUT2D eigenvalue weighted by atomic mass is 16.5. The smallest absolute Gasteiger partial charge is 0.118 e. The molecule has 0 aromatic carbocycles. The van der Waals surface area contributed by atoms with Gasteiger partial charge in [-0.1, -0.05) is 0 Å². The third kappa shape index (κ3) is 4.64. The van der Waals surface area contributed by atoms with Gasteiger partial charge in [-0.3, -0.25) is 4.90 Å². The minimum atomic E-state index is 0.422. The van der Waals surface area contributed by atoms with E-state index in [0.717, 1.165) is 37.8 Å². The van der Waals surface area contributed by atoms with Gasteiger partial charge in [0, 0.05) is 25.7 Å². The number of hydrogen-bond donors (Lipinski definition) is 1. The van der Waals surface area contributed by atoms with Gasteiger partial charge >= 0.3 is 0 Å². The molecule has 2 unspecified atom stereocenters. The second-order valence-electron chi connectivity index (χ2n) is 5.57. The van der Waals surface area contributed by atoms with Crippen LogP contribution < -0.4 is 5.32 Å². The van der Waals surface area contributed by atoms with Crippen LogP contribution in [0, 0.1) is 6.92 Å². The second-order valence-corrected chi connectivity index (χ2v) is 5.57. The Bertz CT molecular complexity index is 372. The zero-order valence-corrected chi connectivity index (χ0v) is 12.3. The lowest BCUT2D eigenvalue weighted by Gasteiger charge is -2.24. The average molecular weight is 266 g/mol. The Morgan fingerprint density at radius 1 is 1.47 bits per heavy atom. The van der Waals surface area contributed by atoms with Crippen molar-refractivity contribution in [3.63, 3.8) is 0 Å². The fourth-order valence-corrected chi connectivity index (χ4v) is 2.39. The maximum atomic E-state index is 5.61. The molecule has 2 atom stereocenters. The summed E-state index contributed by atoms with van der Waals surface area (Å²) in [6, 6.07) is 4.55. The molecule has 1 aliphatic heterocycles. The third-order valence-corrected chi connectivity index (χ3v) is 3.79. The van der Waals surface area contributed by atoms with Crippen LogP contribution in [0.15, 0.2) is 16.5 Å². The first-order valence-corrected chi connectivity index (χ1v) is 7.23. The molecule has 1 aromatic heterocycles. The predicted octanol–water partition coefficient (Wildman–Crippen LogP) is 2.18. The van der Waals surface area contributed by atoms with E-state index in [1.54, 1.807) is 0 Å². The zero-order valence-electron chi connectivity index (χ0n) is 12.3. The number of nitrogens with one attached hydrogen (secondary N) is 1. The van der Waals surface area contributed by atoms with Crippen LogP contribution in [0.4, 0.5) is 0 Å². The van der Waals surface area contributed by atoms with Crippen LogP contribution in [-0.4, -0.2) is 43.8 Å². The predicted molar refractivity (Wildman–Crippen MR) is 76.2 cm³/mol. The van der Waals surface area contributed by atoms with Gasteiger partial charge in [-0.25, -0.2) is 0 Å². The van der Waals surface area contributed by atoms with Crippen molar-refractivity contribution in [2.24, 2.45) is 0 Å². The molecule has 108 valence electrons. The Kier molecular flexibility index (Phi) is 5.43. The lowest BCUT2D eigenvalue weighted by Crippen LogP contribution is -2.39. The molecule has 4 nitrogen and oxygen atoms in total. The van der Waals surface area contributed by atoms with Crippen molar-refractivity contribution in [1.29, 1.82) is 0 Å². The summed E-state index contributed by atoms with van der Waals surface area (Å²) >= 11 is 0. The summed E-state index contributed by atoms with van der Waals surface area (Å²) in [5.41, 5.74) is 0. The van der Waals surface area contributed by atoms with Gasteiger partial charge in [0.2, 0.25) is 0 Å². The summed E-state index contributed by atoms with van der Waals surface area (Å²) in [6.07, 6.45) is 2.83. The number of hydrogen-bond acceptors (Lipinski definition) is 4. The highest BCUT2D eigenvalue weighted by molar-refractivity contribution is 5.05. The van der Waals surface area contributed by atoms with Gasteiger partial charge in [0.05, 0.1) is 12.6 Å². The summed E-state index contributed by atoms with van der Waals surface area (Å²) in [6.45, 7) is 7.96. The van der Waals surface area contributed by atoms with Crippen molar-refractivity contribution in [3.8, 4) is 0 Å². The molecule has 1 N–H and O–H groups in total. The van der Waals surface area contributed by atoms with Crippen LogP contribution in [0.2, 0.25) is 0 Å². The van der Waals surface area contributed by atoms with E-state index < -0.39 is 0 Å². The first-order valence-electron chi connectivity index (χ1n) is 7.23. The highest BCUT2D eigenvalue weighted by Crippen LogP contribution is 2.12. The van der Waals surface area contributed by atoms with Gasteiger partial charge in [-0.05, 0) is 45.9 Å². The fraction of sp³-hybridized carbons (Fsp3) is 0.733. The summed E-state index contributed by atoms with van der Waals surface area (Å²) in [4.78, 5) is 2.31. The molecule has 0 radical (unpaired) electrons. The molecule has 2 rings (SSSR count). The summed E-state index contributed by atoms with van der Waals surface area (Å²) in [7, 11) is 2.14. The van der Waals surface area contributed by atoms with E-state index >= 15 is 0 Å². The van der Waals surface area contributed by atoms with Crippen LogP contribution in [0.5, 0.6) is 0 Å². The van der Waals surface area contributed by atoms with Crippen molar-refractivity contribution in [1.82, 2.24) is 10.2 Å². The SMILES string of the molecule is Cc1ccc(CN(C)C(C)CNCC2CCCO2)o1. The minimum absolute atomic E-state index is 0.422. The molecule has 0 bridgehead atoms. The third-order valence-electron chi connectivity index (χ3n) is 3.79. The Labute approximate surface area is 116 Å². The molecule has 0 aliphatic carbocycles. The molecule has 0 spiro atoms. The molecular weight excluding hydrogens is 240 g/mol. The van der Waals surface area contributed by atoms with E-state index in [9.17, 15) is 0 Å². The minimum Gasteiger partial charge on any atom is -0.465 e. The van der Waals surface area contributed by atoms with Crippen molar-refractivity contribution < 1.29 is 9.15 Å². The number of nitrogens with zero attached hydrogens (tertiary/aromatic N) is 1. The number of furan rings is 1. The first-order chi connectivity index (χ1) is 9.15. The maximum Gasteiger partial charge on any atom is 0.118 e. The molecule has 0 saturated carbocycles. The van der Waals surface area contributed by atoms with Gasteiger partial charge < -0.3 is 14.5 Å². The van der Waals surface area contributed by atoms with E-state index in [2.05, 4.69) is 30.3 Å². The largest absolute Gasteiger partial charge is 0.465 e. The molecule has 0 amide bonds. The van der Waals surface area contributed by atoms with E-state index in [1.165, 1.54) is 12.8 Å². The quantitative estimate of drug-likeness (QED) is 0.821. The number of ether oxygens (including phenoxy) is 1. The molecule has 1 aliphatic rings. The van der Waals surface area contributed by atoms with E-state index in [1.807, 2.05) is 13.0 Å². The Balaban J connectivity index is 1.65. The van der Waals surface area contributed by atoms with Gasteiger partial charge in [0.1, 0.15) is 11.5 Å². The zero-order chi connectivity index (χ0) is 13.7. The lowest BCUT2D eigenvalue weighted by molar-refractivity contribution is 0.107. The summed E-state index contributed by atoms with van der Waals surface area (Å²) in [5, 5.41) is 3.50. The molecular formula is C15H26N2O2. The van der Waals surface area contributed by atoms with Crippen LogP contribution in [0.25, 0.3) is 0 Å². The van der Waals surface area contributed by atoms with E-state index in [-0.39, 0.29) is 0 Å². The van der Waals surface area contributed by atoms with Gasteiger partial charge in [-0.2, -0.15) is 0 Å². The van der Waals surface area contributed by atoms with Gasteiger partial charge in [0.25, 0.3) is 0 Å². The lowest BCUT2D eigenvalue weighted by atomic mass is 10.2. The monoisotopic (exact) mass is 266 g/mol. The van der Waals surface area contributed by atoms with Crippen molar-refractivity contribution in [3.05, 3.63) is 23.7 Å². The van der Waals surface area contributed by atoms with Crippen LogP contribution in [-0.2, 0) is 11.3 Å². The summed E-state index contributed by atoms with van der Waals surface area (Å²) in [5.74, 6) is 2.01. The first kappa shape index (κ1) is 14.6. The molecule has 1 fully saturated rings. The van der Waals surface area contributed by atoms with E-state index in [4.69, 9.17) is 9.15 Å². The van der Waals surface area contributed by atoms with Crippen LogP contribution in [0.1, 0.15) is 31.3 Å². The van der Waals surface area contributed by atoms with Gasteiger partial charge in [-0.15, -0.1) is 0 Å². The normalized spacial score (nSPS) is 21.2. The molecule has 4 heteroatoms. The number of likely N-dealkylation sites (N-methyl/N-ethyl adjacent to an activating group) is 1. The Morgan fingerprint density at radius 2 is 2.32 bits per heavy atom. The van der Waals surface area contributed by atoms with Crippen LogP contribution in [0.3, 0.4) is 0 Å². The standard InChI is InChI=1S/C15H26N2O2/c1-12(9-16-10-14-5-4-8-18-14)17(3)11-15-7-6-13(2)19-15/h6-7,12,14,16H,4-5,8-11H2,1-3H3. The van der Waals surface area contributed by atoms with Gasteiger partial charge in [0.15, 0.2) is 0 Å². The molecule has 19 heavy (non-hydrogen) atoms. The van der Waals surface area contributed by atoms with Crippen molar-refractivity contribution in [2.75, 3.05) is 26.7 Å². The molecule has 1 saturated heterocycles. The number of rotatable bonds is 7. The van der Waals surface area contributed by atoms with Crippen LogP contribution >= 0.6 is 0 Å². The van der Waals surface area contributed by atoms with Crippen molar-refractivity contribution >= 4 is 0 Å². The topological polar surface area (TPSA) is 37.6 Å². The molecule has 1 aromatic rings.